The van der Waals surface area contributed by atoms with E-state index in [2.05, 4.69) is 11.9 Å². The number of hydrogen-bond acceptors (Lipinski definition) is 3. The Morgan fingerprint density at radius 2 is 1.75 bits per heavy atom. The van der Waals surface area contributed by atoms with Crippen LogP contribution in [0.2, 0.25) is 0 Å². The monoisotopic (exact) mass is 379 g/mol. The van der Waals surface area contributed by atoms with Crippen LogP contribution in [0.3, 0.4) is 0 Å². The van der Waals surface area contributed by atoms with Crippen LogP contribution in [0, 0.1) is 13.8 Å². The average molecular weight is 380 g/mol. The number of unbranched alkanes of at least 4 members (excludes halogenated alkanes) is 3. The lowest BCUT2D eigenvalue weighted by atomic mass is 9.96. The van der Waals surface area contributed by atoms with Gasteiger partial charge in [0.1, 0.15) is 5.75 Å². The molecule has 0 spiro atoms. The van der Waals surface area contributed by atoms with E-state index in [0.717, 1.165) is 48.4 Å². The molecule has 0 amide bonds. The first-order valence-electron chi connectivity index (χ1n) is 10.3. The summed E-state index contributed by atoms with van der Waals surface area (Å²) in [5, 5.41) is 3.41. The largest absolute Gasteiger partial charge is 0.494 e. The van der Waals surface area contributed by atoms with E-state index in [4.69, 9.17) is 4.74 Å². The molecule has 0 radical (unpaired) electrons. The first-order chi connectivity index (χ1) is 13.6. The van der Waals surface area contributed by atoms with Gasteiger partial charge in [-0.1, -0.05) is 37.1 Å². The van der Waals surface area contributed by atoms with Gasteiger partial charge in [-0.05, 0) is 81.6 Å². The molecule has 0 unspecified atom stereocenters. The molecule has 0 aliphatic carbocycles. The first-order valence-corrected chi connectivity index (χ1v) is 10.3. The van der Waals surface area contributed by atoms with E-state index in [9.17, 15) is 4.79 Å². The maximum absolute atomic E-state index is 12.7. The normalized spacial score (nSPS) is 10.6. The lowest BCUT2D eigenvalue weighted by Gasteiger charge is -2.09. The Morgan fingerprint density at radius 3 is 2.50 bits per heavy atom. The molecule has 0 fully saturated rings. The molecule has 0 aliphatic rings. The third kappa shape index (κ3) is 6.97. The van der Waals surface area contributed by atoms with Gasteiger partial charge in [0.25, 0.3) is 0 Å². The molecule has 0 atom stereocenters. The molecular formula is C25H33NO2. The van der Waals surface area contributed by atoms with E-state index >= 15 is 0 Å². The number of benzene rings is 2. The Morgan fingerprint density at radius 1 is 1.00 bits per heavy atom. The Bertz CT molecular complexity index is 750. The summed E-state index contributed by atoms with van der Waals surface area (Å²) in [6.45, 7) is 10.6. The second-order valence-electron chi connectivity index (χ2n) is 7.19. The zero-order valence-corrected chi connectivity index (χ0v) is 17.3. The van der Waals surface area contributed by atoms with Gasteiger partial charge >= 0.3 is 0 Å². The van der Waals surface area contributed by atoms with Gasteiger partial charge in [0.05, 0.1) is 6.61 Å². The molecule has 2 aromatic carbocycles. The summed E-state index contributed by atoms with van der Waals surface area (Å²) in [5.74, 6) is 0.887. The van der Waals surface area contributed by atoms with E-state index in [1.807, 2.05) is 62.4 Å². The summed E-state index contributed by atoms with van der Waals surface area (Å²) in [6, 6.07) is 13.4. The number of ketones is 1. The molecule has 3 nitrogen and oxygen atoms in total. The predicted molar refractivity (Wildman–Crippen MR) is 117 cm³/mol. The van der Waals surface area contributed by atoms with Crippen LogP contribution < -0.4 is 10.1 Å². The van der Waals surface area contributed by atoms with Crippen LogP contribution in [0.5, 0.6) is 5.75 Å². The summed E-state index contributed by atoms with van der Waals surface area (Å²) in [4.78, 5) is 12.7. The molecule has 0 bridgehead atoms. The van der Waals surface area contributed by atoms with Crippen molar-refractivity contribution in [1.29, 1.82) is 0 Å². The van der Waals surface area contributed by atoms with Gasteiger partial charge in [-0.2, -0.15) is 0 Å². The maximum Gasteiger partial charge on any atom is 0.193 e. The lowest BCUT2D eigenvalue weighted by molar-refractivity contribution is 0.103. The number of rotatable bonds is 13. The molecule has 0 aromatic heterocycles. The topological polar surface area (TPSA) is 38.3 Å². The molecule has 0 saturated heterocycles. The van der Waals surface area contributed by atoms with Crippen LogP contribution in [0.4, 0.5) is 0 Å². The van der Waals surface area contributed by atoms with E-state index in [0.29, 0.717) is 12.2 Å². The number of aryl methyl sites for hydroxylation is 1. The molecule has 2 aromatic rings. The molecule has 28 heavy (non-hydrogen) atoms. The minimum atomic E-state index is 0.0643. The number of ether oxygens (including phenoxy) is 1. The Kier molecular flexibility index (Phi) is 9.50. The fraction of sp³-hybridized carbons (Fsp3) is 0.400. The molecule has 150 valence electrons. The Balaban J connectivity index is 1.69. The summed E-state index contributed by atoms with van der Waals surface area (Å²) in [7, 11) is 0. The van der Waals surface area contributed by atoms with Gasteiger partial charge in [-0.3, -0.25) is 4.79 Å². The minimum Gasteiger partial charge on any atom is -0.494 e. The zero-order valence-electron chi connectivity index (χ0n) is 17.3. The van der Waals surface area contributed by atoms with Crippen molar-refractivity contribution in [3.8, 4) is 5.75 Å². The van der Waals surface area contributed by atoms with Crippen molar-refractivity contribution >= 4 is 5.78 Å². The highest BCUT2D eigenvalue weighted by atomic mass is 16.5. The molecule has 0 heterocycles. The van der Waals surface area contributed by atoms with Gasteiger partial charge in [0.2, 0.25) is 0 Å². The van der Waals surface area contributed by atoms with Gasteiger partial charge in [-0.15, -0.1) is 6.58 Å². The smallest absolute Gasteiger partial charge is 0.193 e. The van der Waals surface area contributed by atoms with Crippen molar-refractivity contribution in [1.82, 2.24) is 5.32 Å². The fourth-order valence-electron chi connectivity index (χ4n) is 3.08. The highest BCUT2D eigenvalue weighted by Crippen LogP contribution is 2.19. The predicted octanol–water partition coefficient (Wildman–Crippen LogP) is 5.64. The van der Waals surface area contributed by atoms with Gasteiger partial charge in [0.15, 0.2) is 5.78 Å². The van der Waals surface area contributed by atoms with E-state index < -0.39 is 0 Å². The van der Waals surface area contributed by atoms with E-state index in [-0.39, 0.29) is 5.78 Å². The molecule has 2 rings (SSSR count). The SMILES string of the molecule is C=CCCNCCCCCCOc1ccc(C(=O)c2cccc(C)c2C)cc1. The lowest BCUT2D eigenvalue weighted by Crippen LogP contribution is -2.15. The highest BCUT2D eigenvalue weighted by molar-refractivity contribution is 6.10. The van der Waals surface area contributed by atoms with E-state index in [1.54, 1.807) is 0 Å². The van der Waals surface area contributed by atoms with Crippen molar-refractivity contribution in [2.24, 2.45) is 0 Å². The van der Waals surface area contributed by atoms with Crippen LogP contribution in [0.25, 0.3) is 0 Å². The van der Waals surface area contributed by atoms with E-state index in [1.165, 1.54) is 19.3 Å². The number of carbonyl (C=O) groups is 1. The van der Waals surface area contributed by atoms with Crippen LogP contribution >= 0.6 is 0 Å². The Hall–Kier alpha value is -2.39. The minimum absolute atomic E-state index is 0.0643. The summed E-state index contributed by atoms with van der Waals surface area (Å²) in [5.41, 5.74) is 3.65. The Labute approximate surface area is 169 Å². The highest BCUT2D eigenvalue weighted by Gasteiger charge is 2.12. The van der Waals surface area contributed by atoms with Crippen molar-refractivity contribution in [2.45, 2.75) is 46.0 Å². The average Bonchev–Trinajstić information content (AvgIpc) is 2.71. The summed E-state index contributed by atoms with van der Waals surface area (Å²) >= 11 is 0. The van der Waals surface area contributed by atoms with Gasteiger partial charge < -0.3 is 10.1 Å². The molecule has 0 saturated carbocycles. The van der Waals surface area contributed by atoms with Crippen molar-refractivity contribution < 1.29 is 9.53 Å². The standard InChI is InChI=1S/C25H33NO2/c1-4-5-17-26-18-8-6-7-9-19-28-23-15-13-22(14-16-23)25(27)24-12-10-11-20(2)21(24)3/h4,10-16,26H,1,5-9,17-19H2,2-3H3. The van der Waals surface area contributed by atoms with Crippen LogP contribution in [-0.2, 0) is 0 Å². The fourth-order valence-corrected chi connectivity index (χ4v) is 3.08. The quantitative estimate of drug-likeness (QED) is 0.278. The van der Waals surface area contributed by atoms with Gasteiger partial charge in [0, 0.05) is 11.1 Å². The van der Waals surface area contributed by atoms with Gasteiger partial charge in [-0.25, -0.2) is 0 Å². The van der Waals surface area contributed by atoms with Crippen molar-refractivity contribution in [2.75, 3.05) is 19.7 Å². The summed E-state index contributed by atoms with van der Waals surface area (Å²) in [6.07, 6.45) is 7.61. The number of nitrogens with one attached hydrogen (secondary N) is 1. The third-order valence-corrected chi connectivity index (χ3v) is 5.01. The second-order valence-corrected chi connectivity index (χ2v) is 7.19. The molecule has 3 heteroatoms. The third-order valence-electron chi connectivity index (χ3n) is 5.01. The number of carbonyl (C=O) groups excluding carboxylic acids is 1. The van der Waals surface area contributed by atoms with Crippen LogP contribution in [0.15, 0.2) is 55.1 Å². The molecule has 1 N–H and O–H groups in total. The molecular weight excluding hydrogens is 346 g/mol. The molecule has 0 aliphatic heterocycles. The van der Waals surface area contributed by atoms with Crippen molar-refractivity contribution in [3.05, 3.63) is 77.4 Å². The first kappa shape index (κ1) is 21.9. The summed E-state index contributed by atoms with van der Waals surface area (Å²) < 4.78 is 5.81. The van der Waals surface area contributed by atoms with Crippen LogP contribution in [-0.4, -0.2) is 25.5 Å². The maximum atomic E-state index is 12.7. The van der Waals surface area contributed by atoms with Crippen molar-refractivity contribution in [3.63, 3.8) is 0 Å². The second kappa shape index (κ2) is 12.1. The van der Waals surface area contributed by atoms with Crippen LogP contribution in [0.1, 0.15) is 59.2 Å². The number of hydrogen-bond donors (Lipinski definition) is 1. The zero-order chi connectivity index (χ0) is 20.2.